The van der Waals surface area contributed by atoms with Crippen LogP contribution in [0.5, 0.6) is 0 Å². The standard InChI is InChI=1S/C8H16O3/c1-6(2)7(4-9)8(10)5-11-3/h6-7,9H,4-5H2,1-3H3/t7-/m1/s1. The van der Waals surface area contributed by atoms with Crippen molar-refractivity contribution in [3.8, 4) is 0 Å². The number of carbonyl (C=O) groups excluding carboxylic acids is 1. The molecule has 0 unspecified atom stereocenters. The lowest BCUT2D eigenvalue weighted by Crippen LogP contribution is -2.27. The molecule has 0 aromatic heterocycles. The summed E-state index contributed by atoms with van der Waals surface area (Å²) in [6.45, 7) is 3.84. The minimum absolute atomic E-state index is 0.0231. The second-order valence-corrected chi connectivity index (χ2v) is 2.93. The first kappa shape index (κ1) is 10.6. The van der Waals surface area contributed by atoms with E-state index >= 15 is 0 Å². The van der Waals surface area contributed by atoms with Crippen molar-refractivity contribution < 1.29 is 14.6 Å². The van der Waals surface area contributed by atoms with Gasteiger partial charge in [0.05, 0.1) is 6.61 Å². The number of hydrogen-bond acceptors (Lipinski definition) is 3. The molecule has 11 heavy (non-hydrogen) atoms. The lowest BCUT2D eigenvalue weighted by Gasteiger charge is -2.15. The van der Waals surface area contributed by atoms with Crippen LogP contribution in [0.3, 0.4) is 0 Å². The summed E-state index contributed by atoms with van der Waals surface area (Å²) < 4.78 is 4.68. The number of methoxy groups -OCH3 is 1. The third-order valence-corrected chi connectivity index (χ3v) is 1.70. The Morgan fingerprint density at radius 3 is 2.36 bits per heavy atom. The molecule has 0 rings (SSSR count). The van der Waals surface area contributed by atoms with Gasteiger partial charge in [0.1, 0.15) is 6.61 Å². The molecular formula is C8H16O3. The van der Waals surface area contributed by atoms with Crippen LogP contribution < -0.4 is 0 Å². The van der Waals surface area contributed by atoms with Crippen LogP contribution in [0.25, 0.3) is 0 Å². The van der Waals surface area contributed by atoms with Crippen molar-refractivity contribution in [2.45, 2.75) is 13.8 Å². The first-order valence-corrected chi connectivity index (χ1v) is 3.76. The fraction of sp³-hybridized carbons (Fsp3) is 0.875. The molecule has 0 aromatic rings. The first-order valence-electron chi connectivity index (χ1n) is 3.76. The number of Topliss-reactive ketones (excluding diaryl/α,β-unsaturated/α-hetero) is 1. The van der Waals surface area contributed by atoms with Gasteiger partial charge in [0, 0.05) is 13.0 Å². The Balaban J connectivity index is 3.92. The molecule has 0 saturated heterocycles. The number of rotatable bonds is 5. The third kappa shape index (κ3) is 3.49. The first-order chi connectivity index (χ1) is 5.13. The van der Waals surface area contributed by atoms with E-state index in [9.17, 15) is 4.79 Å². The number of aliphatic hydroxyl groups excluding tert-OH is 1. The SMILES string of the molecule is COCC(=O)[C@H](CO)C(C)C. The van der Waals surface area contributed by atoms with E-state index in [2.05, 4.69) is 4.74 Å². The van der Waals surface area contributed by atoms with Gasteiger partial charge in [-0.3, -0.25) is 4.79 Å². The number of ether oxygens (including phenoxy) is 1. The zero-order chi connectivity index (χ0) is 8.85. The average molecular weight is 160 g/mol. The van der Waals surface area contributed by atoms with Crippen LogP contribution in [0, 0.1) is 11.8 Å². The summed E-state index contributed by atoms with van der Waals surface area (Å²) in [5.41, 5.74) is 0. The molecular weight excluding hydrogens is 144 g/mol. The predicted octanol–water partition coefficient (Wildman–Crippen LogP) is 0.466. The van der Waals surface area contributed by atoms with Crippen LogP contribution in [0.15, 0.2) is 0 Å². The molecule has 0 fully saturated rings. The maximum atomic E-state index is 11.1. The zero-order valence-electron chi connectivity index (χ0n) is 7.33. The minimum Gasteiger partial charge on any atom is -0.396 e. The van der Waals surface area contributed by atoms with Gasteiger partial charge >= 0.3 is 0 Å². The highest BCUT2D eigenvalue weighted by Crippen LogP contribution is 2.10. The molecule has 3 heteroatoms. The number of hydrogen-bond donors (Lipinski definition) is 1. The highest BCUT2D eigenvalue weighted by atomic mass is 16.5. The molecule has 0 amide bonds. The van der Waals surface area contributed by atoms with E-state index < -0.39 is 0 Å². The molecule has 1 atom stereocenters. The summed E-state index contributed by atoms with van der Waals surface area (Å²) >= 11 is 0. The Kier molecular flexibility index (Phi) is 5.07. The summed E-state index contributed by atoms with van der Waals surface area (Å²) in [6.07, 6.45) is 0. The van der Waals surface area contributed by atoms with Gasteiger partial charge in [-0.05, 0) is 5.92 Å². The summed E-state index contributed by atoms with van der Waals surface area (Å²) in [4.78, 5) is 11.1. The van der Waals surface area contributed by atoms with Crippen molar-refractivity contribution in [3.05, 3.63) is 0 Å². The summed E-state index contributed by atoms with van der Waals surface area (Å²) in [6, 6.07) is 0. The summed E-state index contributed by atoms with van der Waals surface area (Å²) in [5.74, 6) is -0.109. The van der Waals surface area contributed by atoms with Crippen molar-refractivity contribution in [3.63, 3.8) is 0 Å². The maximum absolute atomic E-state index is 11.1. The lowest BCUT2D eigenvalue weighted by atomic mass is 9.93. The molecule has 3 nitrogen and oxygen atoms in total. The van der Waals surface area contributed by atoms with Crippen molar-refractivity contribution in [2.75, 3.05) is 20.3 Å². The van der Waals surface area contributed by atoms with E-state index in [0.717, 1.165) is 0 Å². The van der Waals surface area contributed by atoms with Crippen molar-refractivity contribution in [2.24, 2.45) is 11.8 Å². The summed E-state index contributed by atoms with van der Waals surface area (Å²) in [5, 5.41) is 8.82. The Morgan fingerprint density at radius 1 is 1.55 bits per heavy atom. The van der Waals surface area contributed by atoms with Gasteiger partial charge in [-0.15, -0.1) is 0 Å². The number of aliphatic hydroxyl groups is 1. The van der Waals surface area contributed by atoms with Gasteiger partial charge in [0.2, 0.25) is 0 Å². The average Bonchev–Trinajstić information content (AvgIpc) is 1.88. The second kappa shape index (κ2) is 5.27. The van der Waals surface area contributed by atoms with Gasteiger partial charge in [-0.2, -0.15) is 0 Å². The molecule has 0 bridgehead atoms. The minimum atomic E-state index is -0.269. The second-order valence-electron chi connectivity index (χ2n) is 2.93. The predicted molar refractivity (Wildman–Crippen MR) is 42.3 cm³/mol. The smallest absolute Gasteiger partial charge is 0.164 e. The van der Waals surface area contributed by atoms with E-state index in [-0.39, 0.29) is 30.8 Å². The van der Waals surface area contributed by atoms with Crippen LogP contribution in [0.2, 0.25) is 0 Å². The van der Waals surface area contributed by atoms with E-state index in [0.29, 0.717) is 0 Å². The van der Waals surface area contributed by atoms with Crippen LogP contribution in [-0.4, -0.2) is 31.2 Å². The van der Waals surface area contributed by atoms with Gasteiger partial charge in [-0.1, -0.05) is 13.8 Å². The Morgan fingerprint density at radius 2 is 2.09 bits per heavy atom. The Labute approximate surface area is 67.4 Å². The molecule has 0 radical (unpaired) electrons. The molecule has 0 aromatic carbocycles. The molecule has 0 aliphatic heterocycles. The largest absolute Gasteiger partial charge is 0.396 e. The molecule has 0 aliphatic rings. The van der Waals surface area contributed by atoms with Crippen LogP contribution in [0.1, 0.15) is 13.8 Å². The monoisotopic (exact) mass is 160 g/mol. The number of ketones is 1. The Hall–Kier alpha value is -0.410. The quantitative estimate of drug-likeness (QED) is 0.635. The van der Waals surface area contributed by atoms with Crippen LogP contribution >= 0.6 is 0 Å². The normalized spacial score (nSPS) is 13.5. The highest BCUT2D eigenvalue weighted by molar-refractivity contribution is 5.82. The molecule has 1 N–H and O–H groups in total. The fourth-order valence-corrected chi connectivity index (χ4v) is 0.934. The molecule has 0 saturated carbocycles. The molecule has 66 valence electrons. The topological polar surface area (TPSA) is 46.5 Å². The fourth-order valence-electron chi connectivity index (χ4n) is 0.934. The number of carbonyl (C=O) groups is 1. The Bertz CT molecular complexity index is 121. The van der Waals surface area contributed by atoms with Gasteiger partial charge in [0.25, 0.3) is 0 Å². The van der Waals surface area contributed by atoms with Crippen LogP contribution in [0.4, 0.5) is 0 Å². The molecule has 0 aliphatic carbocycles. The van der Waals surface area contributed by atoms with E-state index in [1.54, 1.807) is 0 Å². The van der Waals surface area contributed by atoms with Gasteiger partial charge in [0.15, 0.2) is 5.78 Å². The van der Waals surface area contributed by atoms with E-state index in [1.165, 1.54) is 7.11 Å². The lowest BCUT2D eigenvalue weighted by molar-refractivity contribution is -0.129. The van der Waals surface area contributed by atoms with Gasteiger partial charge in [-0.25, -0.2) is 0 Å². The molecule has 0 spiro atoms. The third-order valence-electron chi connectivity index (χ3n) is 1.70. The van der Waals surface area contributed by atoms with E-state index in [1.807, 2.05) is 13.8 Å². The van der Waals surface area contributed by atoms with Crippen molar-refractivity contribution in [1.82, 2.24) is 0 Å². The van der Waals surface area contributed by atoms with Gasteiger partial charge < -0.3 is 9.84 Å². The van der Waals surface area contributed by atoms with Crippen molar-refractivity contribution >= 4 is 5.78 Å². The summed E-state index contributed by atoms with van der Waals surface area (Å²) in [7, 11) is 1.48. The molecule has 0 heterocycles. The van der Waals surface area contributed by atoms with Crippen molar-refractivity contribution in [1.29, 1.82) is 0 Å². The highest BCUT2D eigenvalue weighted by Gasteiger charge is 2.20. The maximum Gasteiger partial charge on any atom is 0.164 e. The van der Waals surface area contributed by atoms with E-state index in [4.69, 9.17) is 5.11 Å². The zero-order valence-corrected chi connectivity index (χ0v) is 7.33. The van der Waals surface area contributed by atoms with Crippen LogP contribution in [-0.2, 0) is 9.53 Å².